The summed E-state index contributed by atoms with van der Waals surface area (Å²) < 4.78 is 15.7. The van der Waals surface area contributed by atoms with Gasteiger partial charge in [-0.2, -0.15) is 5.10 Å². The quantitative estimate of drug-likeness (QED) is 0.803. The van der Waals surface area contributed by atoms with Crippen LogP contribution in [0.5, 0.6) is 0 Å². The summed E-state index contributed by atoms with van der Waals surface area (Å²) in [5.74, 6) is -0.215. The lowest BCUT2D eigenvalue weighted by atomic mass is 10.2. The van der Waals surface area contributed by atoms with E-state index in [1.807, 2.05) is 17.9 Å². The highest BCUT2D eigenvalue weighted by molar-refractivity contribution is 9.10. The second-order valence-corrected chi connectivity index (χ2v) is 6.86. The second-order valence-electron chi connectivity index (χ2n) is 6.07. The van der Waals surface area contributed by atoms with Crippen LogP contribution in [0.4, 0.5) is 4.39 Å². The SMILES string of the molecule is Cc1nn(C)c(C(=O)N2CCN(Cc3cccc(F)c3)CC2)c1Br. The minimum Gasteiger partial charge on any atom is -0.335 e. The second kappa shape index (κ2) is 7.03. The van der Waals surface area contributed by atoms with E-state index in [4.69, 9.17) is 0 Å². The van der Waals surface area contributed by atoms with Crippen LogP contribution >= 0.6 is 15.9 Å². The fourth-order valence-corrected chi connectivity index (χ4v) is 3.52. The zero-order chi connectivity index (χ0) is 17.3. The first kappa shape index (κ1) is 17.1. The fraction of sp³-hybridized carbons (Fsp3) is 0.412. The minimum atomic E-state index is -0.210. The first-order valence-corrected chi connectivity index (χ1v) is 8.70. The molecule has 128 valence electrons. The van der Waals surface area contributed by atoms with Crippen molar-refractivity contribution in [3.63, 3.8) is 0 Å². The van der Waals surface area contributed by atoms with E-state index in [0.29, 0.717) is 25.3 Å². The molecule has 24 heavy (non-hydrogen) atoms. The van der Waals surface area contributed by atoms with Crippen LogP contribution in [0, 0.1) is 12.7 Å². The first-order valence-electron chi connectivity index (χ1n) is 7.91. The number of amides is 1. The summed E-state index contributed by atoms with van der Waals surface area (Å²) in [7, 11) is 1.78. The van der Waals surface area contributed by atoms with Crippen molar-refractivity contribution in [1.82, 2.24) is 19.6 Å². The lowest BCUT2D eigenvalue weighted by Gasteiger charge is -2.34. The molecule has 1 aromatic heterocycles. The maximum Gasteiger partial charge on any atom is 0.273 e. The molecular formula is C17H20BrFN4O. The predicted molar refractivity (Wildman–Crippen MR) is 93.2 cm³/mol. The Bertz CT molecular complexity index is 753. The molecular weight excluding hydrogens is 375 g/mol. The zero-order valence-electron chi connectivity index (χ0n) is 13.8. The number of halogens is 2. The van der Waals surface area contributed by atoms with E-state index in [1.165, 1.54) is 6.07 Å². The van der Waals surface area contributed by atoms with Crippen LogP contribution in [0.3, 0.4) is 0 Å². The Balaban J connectivity index is 1.61. The van der Waals surface area contributed by atoms with Gasteiger partial charge < -0.3 is 4.90 Å². The third-order valence-corrected chi connectivity index (χ3v) is 5.26. The Kier molecular flexibility index (Phi) is 5.01. The lowest BCUT2D eigenvalue weighted by Crippen LogP contribution is -2.48. The molecule has 0 atom stereocenters. The van der Waals surface area contributed by atoms with Crippen molar-refractivity contribution >= 4 is 21.8 Å². The molecule has 0 radical (unpaired) electrons. The van der Waals surface area contributed by atoms with Crippen LogP contribution in [-0.4, -0.2) is 51.7 Å². The number of aryl methyl sites for hydroxylation is 2. The van der Waals surface area contributed by atoms with Gasteiger partial charge in [-0.25, -0.2) is 4.39 Å². The number of rotatable bonds is 3. The predicted octanol–water partition coefficient (Wildman–Crippen LogP) is 2.59. The van der Waals surface area contributed by atoms with Gasteiger partial charge in [0.1, 0.15) is 11.5 Å². The molecule has 3 rings (SSSR count). The number of hydrogen-bond acceptors (Lipinski definition) is 3. The molecule has 0 spiro atoms. The van der Waals surface area contributed by atoms with Crippen molar-refractivity contribution in [2.75, 3.05) is 26.2 Å². The van der Waals surface area contributed by atoms with Crippen LogP contribution in [0.1, 0.15) is 21.7 Å². The van der Waals surface area contributed by atoms with E-state index in [0.717, 1.165) is 28.8 Å². The van der Waals surface area contributed by atoms with Gasteiger partial charge in [0.05, 0.1) is 10.2 Å². The van der Waals surface area contributed by atoms with Gasteiger partial charge >= 0.3 is 0 Å². The normalized spacial score (nSPS) is 15.8. The standard InChI is InChI=1S/C17H20BrFN4O/c1-12-15(18)16(21(2)20-12)17(24)23-8-6-22(7-9-23)11-13-4-3-5-14(19)10-13/h3-5,10H,6-9,11H2,1-2H3. The molecule has 7 heteroatoms. The molecule has 0 unspecified atom stereocenters. The number of hydrogen-bond donors (Lipinski definition) is 0. The van der Waals surface area contributed by atoms with E-state index in [2.05, 4.69) is 25.9 Å². The summed E-state index contributed by atoms with van der Waals surface area (Å²) in [6.07, 6.45) is 0. The number of carbonyl (C=O) groups is 1. The molecule has 5 nitrogen and oxygen atoms in total. The van der Waals surface area contributed by atoms with E-state index in [1.54, 1.807) is 23.9 Å². The van der Waals surface area contributed by atoms with Gasteiger partial charge in [-0.3, -0.25) is 14.4 Å². The smallest absolute Gasteiger partial charge is 0.273 e. The van der Waals surface area contributed by atoms with Crippen molar-refractivity contribution < 1.29 is 9.18 Å². The lowest BCUT2D eigenvalue weighted by molar-refractivity contribution is 0.0617. The summed E-state index contributed by atoms with van der Waals surface area (Å²) in [6, 6.07) is 6.67. The number of benzene rings is 1. The van der Waals surface area contributed by atoms with E-state index < -0.39 is 0 Å². The molecule has 1 fully saturated rings. The molecule has 1 aliphatic heterocycles. The van der Waals surface area contributed by atoms with Crippen LogP contribution in [0.2, 0.25) is 0 Å². The topological polar surface area (TPSA) is 41.4 Å². The monoisotopic (exact) mass is 394 g/mol. The van der Waals surface area contributed by atoms with Crippen LogP contribution in [0.15, 0.2) is 28.7 Å². The van der Waals surface area contributed by atoms with Gasteiger partial charge in [-0.15, -0.1) is 0 Å². The molecule has 0 saturated carbocycles. The largest absolute Gasteiger partial charge is 0.335 e. The van der Waals surface area contributed by atoms with Gasteiger partial charge in [-0.1, -0.05) is 12.1 Å². The number of carbonyl (C=O) groups excluding carboxylic acids is 1. The van der Waals surface area contributed by atoms with Gasteiger partial charge in [0.25, 0.3) is 5.91 Å². The van der Waals surface area contributed by atoms with E-state index in [9.17, 15) is 9.18 Å². The number of nitrogens with zero attached hydrogens (tertiary/aromatic N) is 4. The third kappa shape index (κ3) is 3.52. The van der Waals surface area contributed by atoms with E-state index >= 15 is 0 Å². The first-order chi connectivity index (χ1) is 11.5. The Morgan fingerprint density at radius 3 is 2.58 bits per heavy atom. The summed E-state index contributed by atoms with van der Waals surface area (Å²) in [6.45, 7) is 5.44. The zero-order valence-corrected chi connectivity index (χ0v) is 15.4. The maximum absolute atomic E-state index is 13.3. The highest BCUT2D eigenvalue weighted by atomic mass is 79.9. The van der Waals surface area contributed by atoms with Crippen molar-refractivity contribution in [3.05, 3.63) is 51.5 Å². The van der Waals surface area contributed by atoms with Crippen LogP contribution < -0.4 is 0 Å². The molecule has 1 saturated heterocycles. The van der Waals surface area contributed by atoms with Crippen molar-refractivity contribution in [2.24, 2.45) is 7.05 Å². The third-order valence-electron chi connectivity index (χ3n) is 4.31. The van der Waals surface area contributed by atoms with Crippen LogP contribution in [0.25, 0.3) is 0 Å². The summed E-state index contributed by atoms with van der Waals surface area (Å²) >= 11 is 3.45. The molecule has 1 aliphatic rings. The highest BCUT2D eigenvalue weighted by Crippen LogP contribution is 2.22. The van der Waals surface area contributed by atoms with E-state index in [-0.39, 0.29) is 11.7 Å². The van der Waals surface area contributed by atoms with Gasteiger partial charge in [-0.05, 0) is 40.5 Å². The minimum absolute atomic E-state index is 0.00428. The molecule has 0 bridgehead atoms. The summed E-state index contributed by atoms with van der Waals surface area (Å²) in [4.78, 5) is 16.8. The fourth-order valence-electron chi connectivity index (χ4n) is 3.02. The van der Waals surface area contributed by atoms with Gasteiger partial charge in [0.2, 0.25) is 0 Å². The molecule has 1 aromatic carbocycles. The highest BCUT2D eigenvalue weighted by Gasteiger charge is 2.26. The van der Waals surface area contributed by atoms with Gasteiger partial charge in [0, 0.05) is 39.8 Å². The van der Waals surface area contributed by atoms with Crippen molar-refractivity contribution in [3.8, 4) is 0 Å². The average Bonchev–Trinajstić information content (AvgIpc) is 2.80. The molecule has 1 amide bonds. The average molecular weight is 395 g/mol. The summed E-state index contributed by atoms with van der Waals surface area (Å²) in [5.41, 5.74) is 2.36. The van der Waals surface area contributed by atoms with Gasteiger partial charge in [0.15, 0.2) is 0 Å². The Labute approximate surface area is 149 Å². The van der Waals surface area contributed by atoms with Crippen LogP contribution in [-0.2, 0) is 13.6 Å². The number of piperazine rings is 1. The Morgan fingerprint density at radius 2 is 2.00 bits per heavy atom. The Morgan fingerprint density at radius 1 is 1.29 bits per heavy atom. The number of aromatic nitrogens is 2. The van der Waals surface area contributed by atoms with Crippen molar-refractivity contribution in [1.29, 1.82) is 0 Å². The van der Waals surface area contributed by atoms with Crippen molar-refractivity contribution in [2.45, 2.75) is 13.5 Å². The summed E-state index contributed by atoms with van der Waals surface area (Å²) in [5, 5.41) is 4.28. The molecule has 0 aliphatic carbocycles. The maximum atomic E-state index is 13.3. The Hall–Kier alpha value is -1.73. The molecule has 2 heterocycles. The molecule has 2 aromatic rings. The molecule has 0 N–H and O–H groups in total.